The van der Waals surface area contributed by atoms with Gasteiger partial charge in [-0.3, -0.25) is 25.8 Å². The number of methoxy groups -OCH3 is 1. The lowest BCUT2D eigenvalue weighted by atomic mass is 10.1. The molecule has 0 bridgehead atoms. The molecule has 0 spiro atoms. The van der Waals surface area contributed by atoms with E-state index in [0.29, 0.717) is 22.6 Å². The molecule has 0 radical (unpaired) electrons. The Bertz CT molecular complexity index is 955. The zero-order chi connectivity index (χ0) is 22.8. The van der Waals surface area contributed by atoms with Crippen LogP contribution in [-0.2, 0) is 9.53 Å². The first-order valence-electron chi connectivity index (χ1n) is 9.31. The van der Waals surface area contributed by atoms with E-state index in [9.17, 15) is 9.59 Å². The van der Waals surface area contributed by atoms with E-state index < -0.39 is 11.8 Å². The van der Waals surface area contributed by atoms with Gasteiger partial charge in [0.1, 0.15) is 18.1 Å². The van der Waals surface area contributed by atoms with Crippen molar-refractivity contribution in [1.82, 2.24) is 16.2 Å². The second-order valence-electron chi connectivity index (χ2n) is 6.50. The Hall–Kier alpha value is -2.69. The fourth-order valence-electron chi connectivity index (χ4n) is 2.51. The van der Waals surface area contributed by atoms with Crippen LogP contribution >= 0.6 is 28.1 Å². The molecular weight excluding hydrogens is 486 g/mol. The number of thiocarbonyl (C=S) groups is 1. The molecule has 0 saturated carbocycles. The molecule has 0 unspecified atom stereocenters. The van der Waals surface area contributed by atoms with Crippen LogP contribution in [0.25, 0.3) is 0 Å². The Kier molecular flexibility index (Phi) is 9.70. The molecule has 31 heavy (non-hydrogen) atoms. The number of carbonyl (C=O) groups excluding carboxylic acids is 2. The van der Waals surface area contributed by atoms with E-state index in [4.69, 9.17) is 26.4 Å². The maximum Gasteiger partial charge on any atom is 0.276 e. The van der Waals surface area contributed by atoms with Gasteiger partial charge in [-0.05, 0) is 55.9 Å². The molecule has 2 amide bonds. The van der Waals surface area contributed by atoms with Crippen LogP contribution in [0.3, 0.4) is 0 Å². The summed E-state index contributed by atoms with van der Waals surface area (Å²) < 4.78 is 16.7. The lowest BCUT2D eigenvalue weighted by Crippen LogP contribution is -2.49. The van der Waals surface area contributed by atoms with Gasteiger partial charge in [-0.2, -0.15) is 0 Å². The number of hydrogen-bond donors (Lipinski definition) is 3. The highest BCUT2D eigenvalue weighted by molar-refractivity contribution is 9.10. The molecule has 0 atom stereocenters. The SMILES string of the molecule is COCCOc1ccc(Br)cc1C(=O)NC(=S)NNC(=O)COc1ccc(C)cc1C. The normalized spacial score (nSPS) is 10.2. The molecule has 3 N–H and O–H groups in total. The molecule has 0 fully saturated rings. The molecule has 166 valence electrons. The molecule has 2 aromatic rings. The predicted octanol–water partition coefficient (Wildman–Crippen LogP) is 2.81. The van der Waals surface area contributed by atoms with Crippen LogP contribution in [0.4, 0.5) is 0 Å². The molecule has 8 nitrogen and oxygen atoms in total. The van der Waals surface area contributed by atoms with Gasteiger partial charge >= 0.3 is 0 Å². The Balaban J connectivity index is 1.84. The number of carbonyl (C=O) groups is 2. The van der Waals surface area contributed by atoms with Crippen LogP contribution in [-0.4, -0.2) is 43.9 Å². The van der Waals surface area contributed by atoms with Crippen molar-refractivity contribution < 1.29 is 23.8 Å². The topological polar surface area (TPSA) is 97.9 Å². The Morgan fingerprint density at radius 1 is 1.00 bits per heavy atom. The first-order valence-corrected chi connectivity index (χ1v) is 10.5. The molecule has 0 heterocycles. The minimum Gasteiger partial charge on any atom is -0.490 e. The van der Waals surface area contributed by atoms with E-state index in [1.54, 1.807) is 31.4 Å². The molecule has 10 heteroatoms. The summed E-state index contributed by atoms with van der Waals surface area (Å²) in [7, 11) is 1.56. The average Bonchev–Trinajstić information content (AvgIpc) is 2.72. The van der Waals surface area contributed by atoms with Gasteiger partial charge in [0.25, 0.3) is 11.8 Å². The van der Waals surface area contributed by atoms with Crippen LogP contribution in [0.15, 0.2) is 40.9 Å². The minimum atomic E-state index is -0.494. The number of halogens is 1. The van der Waals surface area contributed by atoms with E-state index in [2.05, 4.69) is 32.1 Å². The largest absolute Gasteiger partial charge is 0.490 e. The lowest BCUT2D eigenvalue weighted by molar-refractivity contribution is -0.123. The summed E-state index contributed by atoms with van der Waals surface area (Å²) in [5.74, 6) is 0.0494. The summed E-state index contributed by atoms with van der Waals surface area (Å²) in [4.78, 5) is 24.6. The number of hydrazine groups is 1. The van der Waals surface area contributed by atoms with Gasteiger partial charge in [0.2, 0.25) is 0 Å². The maximum atomic E-state index is 12.6. The summed E-state index contributed by atoms with van der Waals surface area (Å²) >= 11 is 8.40. The maximum absolute atomic E-state index is 12.6. The average molecular weight is 510 g/mol. The zero-order valence-corrected chi connectivity index (χ0v) is 19.8. The second-order valence-corrected chi connectivity index (χ2v) is 7.82. The van der Waals surface area contributed by atoms with Crippen molar-refractivity contribution in [2.45, 2.75) is 13.8 Å². The highest BCUT2D eigenvalue weighted by Gasteiger charge is 2.15. The number of nitrogens with one attached hydrogen (secondary N) is 3. The van der Waals surface area contributed by atoms with Crippen LogP contribution < -0.4 is 25.6 Å². The van der Waals surface area contributed by atoms with Crippen molar-refractivity contribution in [2.24, 2.45) is 0 Å². The zero-order valence-electron chi connectivity index (χ0n) is 17.4. The van der Waals surface area contributed by atoms with Crippen LogP contribution in [0.2, 0.25) is 0 Å². The first-order chi connectivity index (χ1) is 14.8. The van der Waals surface area contributed by atoms with Gasteiger partial charge in [-0.15, -0.1) is 0 Å². The van der Waals surface area contributed by atoms with Gasteiger partial charge in [0, 0.05) is 11.6 Å². The third-order valence-corrected chi connectivity index (χ3v) is 4.66. The van der Waals surface area contributed by atoms with Gasteiger partial charge in [0.15, 0.2) is 11.7 Å². The number of benzene rings is 2. The van der Waals surface area contributed by atoms with Gasteiger partial charge in [-0.25, -0.2) is 0 Å². The van der Waals surface area contributed by atoms with E-state index in [-0.39, 0.29) is 23.9 Å². The standard InChI is InChI=1S/C21H24BrN3O5S/c1-13-4-6-17(14(2)10-13)30-12-19(26)24-25-21(31)23-20(27)16-11-15(22)5-7-18(16)29-9-8-28-3/h4-7,10-11H,8-9,12H2,1-3H3,(H,24,26)(H2,23,25,27,31). The minimum absolute atomic E-state index is 0.0762. The van der Waals surface area contributed by atoms with Gasteiger partial charge in [-0.1, -0.05) is 33.6 Å². The Labute approximate surface area is 194 Å². The molecule has 0 aliphatic rings. The molecule has 0 aliphatic carbocycles. The van der Waals surface area contributed by atoms with Gasteiger partial charge in [0.05, 0.1) is 12.2 Å². The molecule has 2 aromatic carbocycles. The molecule has 0 saturated heterocycles. The number of ether oxygens (including phenoxy) is 3. The summed E-state index contributed by atoms with van der Waals surface area (Å²) in [5.41, 5.74) is 7.17. The molecule has 0 aromatic heterocycles. The fraction of sp³-hybridized carbons (Fsp3) is 0.286. The smallest absolute Gasteiger partial charge is 0.276 e. The lowest BCUT2D eigenvalue weighted by Gasteiger charge is -2.14. The van der Waals surface area contributed by atoms with E-state index in [0.717, 1.165) is 11.1 Å². The van der Waals surface area contributed by atoms with Crippen LogP contribution in [0, 0.1) is 13.8 Å². The van der Waals surface area contributed by atoms with Crippen molar-refractivity contribution in [3.63, 3.8) is 0 Å². The quantitative estimate of drug-likeness (QED) is 0.286. The Morgan fingerprint density at radius 3 is 2.45 bits per heavy atom. The summed E-state index contributed by atoms with van der Waals surface area (Å²) in [5, 5.41) is 2.42. The molecule has 0 aliphatic heterocycles. The van der Waals surface area contributed by atoms with Crippen molar-refractivity contribution in [1.29, 1.82) is 0 Å². The second kappa shape index (κ2) is 12.2. The molecular formula is C21H24BrN3O5S. The number of amides is 2. The van der Waals surface area contributed by atoms with E-state index >= 15 is 0 Å². The third kappa shape index (κ3) is 8.16. The highest BCUT2D eigenvalue weighted by Crippen LogP contribution is 2.23. The third-order valence-electron chi connectivity index (χ3n) is 3.96. The summed E-state index contributed by atoms with van der Waals surface area (Å²) in [6.45, 7) is 4.34. The van der Waals surface area contributed by atoms with E-state index in [1.807, 2.05) is 26.0 Å². The van der Waals surface area contributed by atoms with Gasteiger partial charge < -0.3 is 14.2 Å². The molecule has 2 rings (SSSR count). The monoisotopic (exact) mass is 509 g/mol. The summed E-state index contributed by atoms with van der Waals surface area (Å²) in [6.07, 6.45) is 0. The Morgan fingerprint density at radius 2 is 1.74 bits per heavy atom. The fourth-order valence-corrected chi connectivity index (χ4v) is 3.01. The van der Waals surface area contributed by atoms with Crippen molar-refractivity contribution in [2.75, 3.05) is 26.9 Å². The first kappa shape index (κ1) is 24.6. The van der Waals surface area contributed by atoms with Crippen LogP contribution in [0.5, 0.6) is 11.5 Å². The predicted molar refractivity (Wildman–Crippen MR) is 124 cm³/mol. The van der Waals surface area contributed by atoms with Crippen molar-refractivity contribution >= 4 is 45.1 Å². The summed E-state index contributed by atoms with van der Waals surface area (Å²) in [6, 6.07) is 10.7. The van der Waals surface area contributed by atoms with Crippen molar-refractivity contribution in [3.8, 4) is 11.5 Å². The number of aryl methyl sites for hydroxylation is 2. The number of rotatable bonds is 8. The number of hydrogen-bond acceptors (Lipinski definition) is 6. The highest BCUT2D eigenvalue weighted by atomic mass is 79.9. The van der Waals surface area contributed by atoms with Crippen molar-refractivity contribution in [3.05, 3.63) is 57.6 Å². The van der Waals surface area contributed by atoms with E-state index in [1.165, 1.54) is 0 Å². The van der Waals surface area contributed by atoms with Crippen LogP contribution in [0.1, 0.15) is 21.5 Å².